The highest BCUT2D eigenvalue weighted by molar-refractivity contribution is 9.09. The van der Waals surface area contributed by atoms with Gasteiger partial charge in [0, 0.05) is 28.4 Å². The van der Waals surface area contributed by atoms with E-state index in [9.17, 15) is 4.79 Å². The van der Waals surface area contributed by atoms with Crippen molar-refractivity contribution in [3.63, 3.8) is 0 Å². The van der Waals surface area contributed by atoms with E-state index in [1.54, 1.807) is 0 Å². The molecule has 4 heteroatoms. The molecule has 2 nitrogen and oxygen atoms in total. The zero-order valence-corrected chi connectivity index (χ0v) is 13.1. The Balaban J connectivity index is 2.25. The standard InChI is InChI=1S/C14H18BrNOS/c1-10(2)18-13-6-4-3-5-12(13)16-9-11(8-15)7-14(16)17/h3-6,10-11H,7-9H2,1-2H3. The molecule has 98 valence electrons. The number of carbonyl (C=O) groups excluding carboxylic acids is 1. The smallest absolute Gasteiger partial charge is 0.227 e. The van der Waals surface area contributed by atoms with Gasteiger partial charge in [-0.2, -0.15) is 0 Å². The molecule has 0 aliphatic carbocycles. The summed E-state index contributed by atoms with van der Waals surface area (Å²) in [6, 6.07) is 8.21. The Bertz CT molecular complexity index is 436. The van der Waals surface area contributed by atoms with E-state index in [1.807, 2.05) is 28.8 Å². The van der Waals surface area contributed by atoms with Gasteiger partial charge in [0.25, 0.3) is 0 Å². The fourth-order valence-electron chi connectivity index (χ4n) is 2.15. The van der Waals surface area contributed by atoms with E-state index >= 15 is 0 Å². The Morgan fingerprint density at radius 1 is 1.44 bits per heavy atom. The Morgan fingerprint density at radius 2 is 2.17 bits per heavy atom. The summed E-state index contributed by atoms with van der Waals surface area (Å²) in [6.07, 6.45) is 0.659. The monoisotopic (exact) mass is 327 g/mol. The maximum absolute atomic E-state index is 12.1. The first kappa shape index (κ1) is 13.9. The maximum atomic E-state index is 12.1. The molecule has 1 aliphatic heterocycles. The van der Waals surface area contributed by atoms with Gasteiger partial charge in [-0.3, -0.25) is 4.79 Å². The minimum absolute atomic E-state index is 0.247. The molecule has 1 aliphatic rings. The Morgan fingerprint density at radius 3 is 2.78 bits per heavy atom. The third-order valence-corrected chi connectivity index (χ3v) is 4.93. The molecule has 1 saturated heterocycles. The van der Waals surface area contributed by atoms with Gasteiger partial charge in [0.05, 0.1) is 5.69 Å². The van der Waals surface area contributed by atoms with Crippen LogP contribution in [-0.4, -0.2) is 23.0 Å². The molecule has 1 atom stereocenters. The van der Waals surface area contributed by atoms with Crippen molar-refractivity contribution in [2.45, 2.75) is 30.4 Å². The Labute approximate surface area is 121 Å². The number of alkyl halides is 1. The number of amides is 1. The third kappa shape index (κ3) is 3.09. The lowest BCUT2D eigenvalue weighted by atomic mass is 10.2. The summed E-state index contributed by atoms with van der Waals surface area (Å²) in [4.78, 5) is 15.2. The SMILES string of the molecule is CC(C)Sc1ccccc1N1CC(CBr)CC1=O. The molecule has 2 rings (SSSR count). The van der Waals surface area contributed by atoms with Crippen LogP contribution >= 0.6 is 27.7 Å². The summed E-state index contributed by atoms with van der Waals surface area (Å²) in [7, 11) is 0. The first-order chi connectivity index (χ1) is 8.61. The molecule has 0 spiro atoms. The van der Waals surface area contributed by atoms with Gasteiger partial charge in [-0.05, 0) is 18.1 Å². The topological polar surface area (TPSA) is 20.3 Å². The zero-order chi connectivity index (χ0) is 13.1. The van der Waals surface area contributed by atoms with Crippen LogP contribution in [0.4, 0.5) is 5.69 Å². The van der Waals surface area contributed by atoms with Crippen molar-refractivity contribution in [2.24, 2.45) is 5.92 Å². The van der Waals surface area contributed by atoms with Crippen LogP contribution in [-0.2, 0) is 4.79 Å². The van der Waals surface area contributed by atoms with Crippen molar-refractivity contribution in [1.82, 2.24) is 0 Å². The molecule has 18 heavy (non-hydrogen) atoms. The molecule has 1 heterocycles. The molecule has 1 fully saturated rings. The number of carbonyl (C=O) groups is 1. The predicted molar refractivity (Wildman–Crippen MR) is 81.7 cm³/mol. The van der Waals surface area contributed by atoms with E-state index in [2.05, 4.69) is 41.9 Å². The quantitative estimate of drug-likeness (QED) is 0.616. The van der Waals surface area contributed by atoms with Crippen molar-refractivity contribution in [1.29, 1.82) is 0 Å². The van der Waals surface area contributed by atoms with Crippen molar-refractivity contribution < 1.29 is 4.79 Å². The number of anilines is 1. The Hall–Kier alpha value is -0.480. The van der Waals surface area contributed by atoms with Crippen LogP contribution in [0.3, 0.4) is 0 Å². The van der Waals surface area contributed by atoms with E-state index in [0.717, 1.165) is 17.6 Å². The number of thioether (sulfide) groups is 1. The second kappa shape index (κ2) is 6.11. The van der Waals surface area contributed by atoms with E-state index in [0.29, 0.717) is 17.6 Å². The number of halogens is 1. The van der Waals surface area contributed by atoms with Crippen LogP contribution < -0.4 is 4.90 Å². The predicted octanol–water partition coefficient (Wildman–Crippen LogP) is 3.93. The van der Waals surface area contributed by atoms with Crippen LogP contribution in [0.25, 0.3) is 0 Å². The number of benzene rings is 1. The first-order valence-corrected chi connectivity index (χ1v) is 8.24. The Kier molecular flexibility index (Phi) is 4.73. The molecular weight excluding hydrogens is 310 g/mol. The molecule has 1 amide bonds. The largest absolute Gasteiger partial charge is 0.311 e. The molecule has 1 unspecified atom stereocenters. The molecule has 0 radical (unpaired) electrons. The molecule has 1 aromatic rings. The lowest BCUT2D eigenvalue weighted by Crippen LogP contribution is -2.25. The van der Waals surface area contributed by atoms with Crippen molar-refractivity contribution in [3.8, 4) is 0 Å². The van der Waals surface area contributed by atoms with Gasteiger partial charge in [-0.25, -0.2) is 0 Å². The molecule has 0 saturated carbocycles. The normalized spacial score (nSPS) is 19.9. The van der Waals surface area contributed by atoms with Crippen LogP contribution in [0.2, 0.25) is 0 Å². The van der Waals surface area contributed by atoms with Crippen molar-refractivity contribution >= 4 is 39.3 Å². The van der Waals surface area contributed by atoms with Gasteiger partial charge in [0.1, 0.15) is 0 Å². The minimum atomic E-state index is 0.247. The fourth-order valence-corrected chi connectivity index (χ4v) is 3.55. The number of nitrogens with zero attached hydrogens (tertiary/aromatic N) is 1. The lowest BCUT2D eigenvalue weighted by molar-refractivity contribution is -0.117. The molecular formula is C14H18BrNOS. The van der Waals surface area contributed by atoms with E-state index in [4.69, 9.17) is 0 Å². The number of rotatable bonds is 4. The van der Waals surface area contributed by atoms with Gasteiger partial charge in [0.15, 0.2) is 0 Å². The summed E-state index contributed by atoms with van der Waals surface area (Å²) < 4.78 is 0. The van der Waals surface area contributed by atoms with Gasteiger partial charge in [-0.15, -0.1) is 11.8 Å². The second-order valence-corrected chi connectivity index (χ2v) is 7.13. The van der Waals surface area contributed by atoms with E-state index in [-0.39, 0.29) is 5.91 Å². The minimum Gasteiger partial charge on any atom is -0.311 e. The summed E-state index contributed by atoms with van der Waals surface area (Å²) in [5.41, 5.74) is 1.07. The van der Waals surface area contributed by atoms with Crippen LogP contribution in [0.15, 0.2) is 29.2 Å². The van der Waals surface area contributed by atoms with Crippen molar-refractivity contribution in [3.05, 3.63) is 24.3 Å². The highest BCUT2D eigenvalue weighted by atomic mass is 79.9. The number of para-hydroxylation sites is 1. The number of hydrogen-bond donors (Lipinski definition) is 0. The fraction of sp³-hybridized carbons (Fsp3) is 0.500. The lowest BCUT2D eigenvalue weighted by Gasteiger charge is -2.20. The van der Waals surface area contributed by atoms with Crippen LogP contribution in [0, 0.1) is 5.92 Å². The number of hydrogen-bond acceptors (Lipinski definition) is 2. The van der Waals surface area contributed by atoms with Gasteiger partial charge in [-0.1, -0.05) is 41.9 Å². The van der Waals surface area contributed by atoms with E-state index < -0.39 is 0 Å². The second-order valence-electron chi connectivity index (χ2n) is 4.86. The molecule has 0 N–H and O–H groups in total. The zero-order valence-electron chi connectivity index (χ0n) is 10.7. The molecule has 1 aromatic carbocycles. The van der Waals surface area contributed by atoms with Crippen molar-refractivity contribution in [2.75, 3.05) is 16.8 Å². The first-order valence-electron chi connectivity index (χ1n) is 6.24. The van der Waals surface area contributed by atoms with E-state index in [1.165, 1.54) is 4.90 Å². The highest BCUT2D eigenvalue weighted by Gasteiger charge is 2.30. The third-order valence-electron chi connectivity index (χ3n) is 2.94. The highest BCUT2D eigenvalue weighted by Crippen LogP contribution is 2.35. The average molecular weight is 328 g/mol. The molecule has 0 aromatic heterocycles. The van der Waals surface area contributed by atoms with Crippen LogP contribution in [0.5, 0.6) is 0 Å². The maximum Gasteiger partial charge on any atom is 0.227 e. The summed E-state index contributed by atoms with van der Waals surface area (Å²) >= 11 is 5.30. The van der Waals surface area contributed by atoms with Gasteiger partial charge >= 0.3 is 0 Å². The molecule has 0 bridgehead atoms. The summed E-state index contributed by atoms with van der Waals surface area (Å²) in [6.45, 7) is 5.18. The van der Waals surface area contributed by atoms with Gasteiger partial charge in [0.2, 0.25) is 5.91 Å². The van der Waals surface area contributed by atoms with Gasteiger partial charge < -0.3 is 4.90 Å². The van der Waals surface area contributed by atoms with Crippen LogP contribution in [0.1, 0.15) is 20.3 Å². The summed E-state index contributed by atoms with van der Waals surface area (Å²) in [5.74, 6) is 0.686. The average Bonchev–Trinajstić information content (AvgIpc) is 2.70. The summed E-state index contributed by atoms with van der Waals surface area (Å²) in [5, 5.41) is 1.42.